The summed E-state index contributed by atoms with van der Waals surface area (Å²) < 4.78 is 9.98. The average Bonchev–Trinajstić information content (AvgIpc) is 2.56. The number of hydrogen-bond acceptors (Lipinski definition) is 5. The topological polar surface area (TPSA) is 60.2 Å². The lowest BCUT2D eigenvalue weighted by atomic mass is 10.0. The summed E-state index contributed by atoms with van der Waals surface area (Å²) in [5.74, 6) is 2.09. The van der Waals surface area contributed by atoms with E-state index in [4.69, 9.17) is 10.5 Å². The van der Waals surface area contributed by atoms with E-state index in [-0.39, 0.29) is 6.10 Å². The second-order valence-corrected chi connectivity index (χ2v) is 6.62. The molecule has 0 saturated heterocycles. The van der Waals surface area contributed by atoms with Crippen LogP contribution in [0.25, 0.3) is 0 Å². The second-order valence-electron chi connectivity index (χ2n) is 5.85. The normalized spacial score (nSPS) is 24.2. The van der Waals surface area contributed by atoms with Gasteiger partial charge in [0.1, 0.15) is 0 Å². The third-order valence-electron chi connectivity index (χ3n) is 3.62. The Morgan fingerprint density at radius 1 is 1.32 bits per heavy atom. The second kappa shape index (κ2) is 6.46. The SMILES string of the molecule is CC1CCCC(Nc2snc(N)c2OC(C)C)CC1. The molecule has 19 heavy (non-hydrogen) atoms. The first kappa shape index (κ1) is 14.4. The standard InChI is InChI=1S/C14H25N3OS/c1-9(2)18-12-13(15)17-19-14(12)16-11-6-4-5-10(3)7-8-11/h9-11,16H,4-8H2,1-3H3,(H2,15,17). The molecule has 0 radical (unpaired) electrons. The summed E-state index contributed by atoms with van der Waals surface area (Å²) in [6, 6.07) is 0.527. The maximum absolute atomic E-state index is 5.88. The molecule has 1 aromatic heterocycles. The highest BCUT2D eigenvalue weighted by atomic mass is 32.1. The van der Waals surface area contributed by atoms with Crippen molar-refractivity contribution in [2.45, 2.75) is 65.0 Å². The lowest BCUT2D eigenvalue weighted by molar-refractivity contribution is 0.245. The molecular weight excluding hydrogens is 258 g/mol. The number of nitrogen functional groups attached to an aromatic ring is 1. The molecule has 1 heterocycles. The summed E-state index contributed by atoms with van der Waals surface area (Å²) in [5.41, 5.74) is 5.88. The summed E-state index contributed by atoms with van der Waals surface area (Å²) >= 11 is 1.41. The Balaban J connectivity index is 2.02. The van der Waals surface area contributed by atoms with Gasteiger partial charge in [0, 0.05) is 6.04 Å². The van der Waals surface area contributed by atoms with Crippen LogP contribution in [0.15, 0.2) is 0 Å². The highest BCUT2D eigenvalue weighted by Gasteiger charge is 2.20. The molecule has 0 amide bonds. The summed E-state index contributed by atoms with van der Waals surface area (Å²) in [4.78, 5) is 0. The Kier molecular flexibility index (Phi) is 4.91. The van der Waals surface area contributed by atoms with Crippen molar-refractivity contribution in [3.8, 4) is 5.75 Å². The van der Waals surface area contributed by atoms with Gasteiger partial charge in [0.15, 0.2) is 16.6 Å². The number of anilines is 2. The molecule has 0 spiro atoms. The first-order valence-corrected chi connectivity index (χ1v) is 8.02. The Bertz CT molecular complexity index is 405. The third kappa shape index (κ3) is 4.00. The van der Waals surface area contributed by atoms with Crippen LogP contribution in [0.2, 0.25) is 0 Å². The fourth-order valence-electron chi connectivity index (χ4n) is 2.55. The van der Waals surface area contributed by atoms with Gasteiger partial charge in [-0.25, -0.2) is 0 Å². The van der Waals surface area contributed by atoms with E-state index in [1.165, 1.54) is 43.6 Å². The number of ether oxygens (including phenoxy) is 1. The first-order chi connectivity index (χ1) is 9.06. The van der Waals surface area contributed by atoms with Gasteiger partial charge in [-0.05, 0) is 50.6 Å². The van der Waals surface area contributed by atoms with E-state index in [1.807, 2.05) is 13.8 Å². The number of aromatic nitrogens is 1. The maximum atomic E-state index is 5.88. The van der Waals surface area contributed by atoms with Crippen LogP contribution in [0.1, 0.15) is 52.9 Å². The largest absolute Gasteiger partial charge is 0.484 e. The third-order valence-corrected chi connectivity index (χ3v) is 4.39. The molecule has 0 aromatic carbocycles. The molecule has 2 atom stereocenters. The first-order valence-electron chi connectivity index (χ1n) is 7.24. The van der Waals surface area contributed by atoms with Crippen LogP contribution in [0.3, 0.4) is 0 Å². The molecule has 1 aromatic rings. The minimum atomic E-state index is 0.119. The van der Waals surface area contributed by atoms with Crippen molar-refractivity contribution in [1.29, 1.82) is 0 Å². The fraction of sp³-hybridized carbons (Fsp3) is 0.786. The number of nitrogens with zero attached hydrogens (tertiary/aromatic N) is 1. The molecule has 4 nitrogen and oxygen atoms in total. The van der Waals surface area contributed by atoms with Gasteiger partial charge >= 0.3 is 0 Å². The highest BCUT2D eigenvalue weighted by molar-refractivity contribution is 7.11. The predicted octanol–water partition coefficient (Wildman–Crippen LogP) is 3.89. The molecule has 2 rings (SSSR count). The van der Waals surface area contributed by atoms with Gasteiger partial charge in [-0.3, -0.25) is 0 Å². The van der Waals surface area contributed by atoms with E-state index < -0.39 is 0 Å². The van der Waals surface area contributed by atoms with Crippen LogP contribution in [-0.4, -0.2) is 16.5 Å². The van der Waals surface area contributed by atoms with Crippen molar-refractivity contribution in [2.75, 3.05) is 11.1 Å². The molecule has 108 valence electrons. The minimum absolute atomic E-state index is 0.119. The van der Waals surface area contributed by atoms with Crippen LogP contribution in [-0.2, 0) is 0 Å². The molecule has 2 unspecified atom stereocenters. The van der Waals surface area contributed by atoms with Crippen molar-refractivity contribution in [3.63, 3.8) is 0 Å². The van der Waals surface area contributed by atoms with E-state index >= 15 is 0 Å². The zero-order valence-electron chi connectivity index (χ0n) is 12.1. The highest BCUT2D eigenvalue weighted by Crippen LogP contribution is 2.37. The zero-order chi connectivity index (χ0) is 13.8. The Morgan fingerprint density at radius 3 is 2.84 bits per heavy atom. The van der Waals surface area contributed by atoms with E-state index in [2.05, 4.69) is 16.6 Å². The Hall–Kier alpha value is -0.970. The van der Waals surface area contributed by atoms with Crippen LogP contribution in [0, 0.1) is 5.92 Å². The molecule has 1 aliphatic carbocycles. The van der Waals surface area contributed by atoms with Gasteiger partial charge in [-0.15, -0.1) is 0 Å². The molecule has 0 aliphatic heterocycles. The molecule has 0 bridgehead atoms. The molecule has 1 saturated carbocycles. The molecular formula is C14H25N3OS. The molecule has 1 aliphatic rings. The summed E-state index contributed by atoms with van der Waals surface area (Å²) in [5, 5.41) is 4.58. The van der Waals surface area contributed by atoms with Crippen molar-refractivity contribution < 1.29 is 4.74 Å². The summed E-state index contributed by atoms with van der Waals surface area (Å²) in [6.07, 6.45) is 6.51. The molecule has 1 fully saturated rings. The van der Waals surface area contributed by atoms with Gasteiger partial charge in [-0.2, -0.15) is 4.37 Å². The van der Waals surface area contributed by atoms with Gasteiger partial charge in [0.2, 0.25) is 0 Å². The van der Waals surface area contributed by atoms with Crippen molar-refractivity contribution in [1.82, 2.24) is 4.37 Å². The van der Waals surface area contributed by atoms with Gasteiger partial charge < -0.3 is 15.8 Å². The average molecular weight is 283 g/mol. The number of nitrogens with two attached hydrogens (primary N) is 1. The fourth-order valence-corrected chi connectivity index (χ4v) is 3.28. The predicted molar refractivity (Wildman–Crippen MR) is 82.0 cm³/mol. The maximum Gasteiger partial charge on any atom is 0.197 e. The van der Waals surface area contributed by atoms with Gasteiger partial charge in [-0.1, -0.05) is 19.8 Å². The molecule has 3 N–H and O–H groups in total. The molecule has 5 heteroatoms. The van der Waals surface area contributed by atoms with E-state index in [0.29, 0.717) is 11.9 Å². The Morgan fingerprint density at radius 2 is 2.11 bits per heavy atom. The van der Waals surface area contributed by atoms with Gasteiger partial charge in [0.25, 0.3) is 0 Å². The summed E-state index contributed by atoms with van der Waals surface area (Å²) in [6.45, 7) is 6.36. The lowest BCUT2D eigenvalue weighted by Gasteiger charge is -2.18. The van der Waals surface area contributed by atoms with Crippen molar-refractivity contribution >= 4 is 22.4 Å². The van der Waals surface area contributed by atoms with E-state index in [1.54, 1.807) is 0 Å². The number of nitrogens with one attached hydrogen (secondary N) is 1. The zero-order valence-corrected chi connectivity index (χ0v) is 12.9. The Labute approximate surface area is 119 Å². The summed E-state index contributed by atoms with van der Waals surface area (Å²) in [7, 11) is 0. The lowest BCUT2D eigenvalue weighted by Crippen LogP contribution is -2.18. The smallest absolute Gasteiger partial charge is 0.197 e. The van der Waals surface area contributed by atoms with Crippen molar-refractivity contribution in [2.24, 2.45) is 5.92 Å². The monoisotopic (exact) mass is 283 g/mol. The quantitative estimate of drug-likeness (QED) is 0.823. The van der Waals surface area contributed by atoms with Gasteiger partial charge in [0.05, 0.1) is 6.10 Å². The minimum Gasteiger partial charge on any atom is -0.484 e. The number of hydrogen-bond donors (Lipinski definition) is 2. The van der Waals surface area contributed by atoms with Crippen LogP contribution in [0.4, 0.5) is 10.8 Å². The number of rotatable bonds is 4. The van der Waals surface area contributed by atoms with E-state index in [0.717, 1.165) is 16.7 Å². The van der Waals surface area contributed by atoms with Crippen molar-refractivity contribution in [3.05, 3.63) is 0 Å². The van der Waals surface area contributed by atoms with E-state index in [9.17, 15) is 0 Å². The van der Waals surface area contributed by atoms with Crippen LogP contribution < -0.4 is 15.8 Å². The van der Waals surface area contributed by atoms with Crippen LogP contribution >= 0.6 is 11.5 Å². The van der Waals surface area contributed by atoms with Crippen LogP contribution in [0.5, 0.6) is 5.75 Å².